The highest BCUT2D eigenvalue weighted by Gasteiger charge is 2.48. The van der Waals surface area contributed by atoms with E-state index in [9.17, 15) is 4.79 Å². The number of carbonyl (C=O) groups excluding carboxylic acids is 1. The van der Waals surface area contributed by atoms with Gasteiger partial charge in [-0.15, -0.1) is 11.3 Å². The van der Waals surface area contributed by atoms with Crippen LogP contribution in [0.15, 0.2) is 5.38 Å². The van der Waals surface area contributed by atoms with Gasteiger partial charge in [0.05, 0.1) is 5.01 Å². The minimum Gasteiger partial charge on any atom is -0.335 e. The van der Waals surface area contributed by atoms with Gasteiger partial charge in [-0.05, 0) is 32.1 Å². The van der Waals surface area contributed by atoms with Crippen molar-refractivity contribution in [1.29, 1.82) is 0 Å². The average Bonchev–Trinajstić information content (AvgIpc) is 2.89. The summed E-state index contributed by atoms with van der Waals surface area (Å²) in [7, 11) is 0. The van der Waals surface area contributed by atoms with E-state index in [0.29, 0.717) is 11.6 Å². The molecule has 0 N–H and O–H groups in total. The van der Waals surface area contributed by atoms with Gasteiger partial charge in [0, 0.05) is 37.1 Å². The van der Waals surface area contributed by atoms with Crippen molar-refractivity contribution < 1.29 is 4.79 Å². The van der Waals surface area contributed by atoms with Crippen LogP contribution in [0, 0.1) is 12.8 Å². The smallest absolute Gasteiger partial charge is 0.273 e. The molecule has 0 unspecified atom stereocenters. The number of thiazole rings is 1. The molecule has 21 heavy (non-hydrogen) atoms. The third-order valence-corrected chi connectivity index (χ3v) is 5.56. The summed E-state index contributed by atoms with van der Waals surface area (Å²) in [6.07, 6.45) is 3.59. The molecule has 2 saturated heterocycles. The molecule has 0 bridgehead atoms. The lowest BCUT2D eigenvalue weighted by molar-refractivity contribution is -0.0649. The lowest BCUT2D eigenvalue weighted by Gasteiger charge is -2.57. The van der Waals surface area contributed by atoms with Gasteiger partial charge in [0.1, 0.15) is 5.69 Å². The number of piperidine rings is 1. The van der Waals surface area contributed by atoms with Crippen LogP contribution in [0.5, 0.6) is 0 Å². The zero-order valence-electron chi connectivity index (χ0n) is 13.3. The van der Waals surface area contributed by atoms with Crippen molar-refractivity contribution in [1.82, 2.24) is 14.8 Å². The Bertz CT molecular complexity index is 527. The van der Waals surface area contributed by atoms with Gasteiger partial charge in [0.25, 0.3) is 5.91 Å². The Balaban J connectivity index is 1.70. The van der Waals surface area contributed by atoms with Crippen LogP contribution in [0.2, 0.25) is 0 Å². The van der Waals surface area contributed by atoms with E-state index in [1.54, 1.807) is 11.3 Å². The number of likely N-dealkylation sites (tertiary alicyclic amines) is 2. The summed E-state index contributed by atoms with van der Waals surface area (Å²) in [4.78, 5) is 21.6. The molecule has 0 aliphatic carbocycles. The lowest BCUT2D eigenvalue weighted by Crippen LogP contribution is -2.67. The highest BCUT2D eigenvalue weighted by molar-refractivity contribution is 7.09. The first-order valence-electron chi connectivity index (χ1n) is 7.97. The van der Waals surface area contributed by atoms with Crippen LogP contribution < -0.4 is 0 Å². The summed E-state index contributed by atoms with van der Waals surface area (Å²) < 4.78 is 0. The monoisotopic (exact) mass is 307 g/mol. The van der Waals surface area contributed by atoms with Crippen molar-refractivity contribution >= 4 is 17.2 Å². The Kier molecular flexibility index (Phi) is 4.06. The van der Waals surface area contributed by atoms with Gasteiger partial charge in [-0.1, -0.05) is 13.8 Å². The molecule has 1 aromatic heterocycles. The molecule has 1 atom stereocenters. The van der Waals surface area contributed by atoms with Gasteiger partial charge in [0.15, 0.2) is 0 Å². The molecular formula is C16H25N3OS. The second-order valence-electron chi connectivity index (χ2n) is 6.90. The zero-order chi connectivity index (χ0) is 15.0. The number of carbonyl (C=O) groups is 1. The number of rotatable bonds is 3. The Hall–Kier alpha value is -0.940. The third-order valence-electron chi connectivity index (χ3n) is 4.78. The molecule has 2 fully saturated rings. The SMILES string of the molecule is Cc1nc(C(=O)N2CCC[C@]3(CCN3CC(C)C)C2)cs1. The molecule has 1 aromatic rings. The summed E-state index contributed by atoms with van der Waals surface area (Å²) in [6.45, 7) is 10.6. The zero-order valence-corrected chi connectivity index (χ0v) is 14.1. The first-order valence-corrected chi connectivity index (χ1v) is 8.85. The number of hydrogen-bond acceptors (Lipinski definition) is 4. The largest absolute Gasteiger partial charge is 0.335 e. The Morgan fingerprint density at radius 1 is 1.43 bits per heavy atom. The first-order chi connectivity index (χ1) is 10.00. The van der Waals surface area contributed by atoms with Gasteiger partial charge >= 0.3 is 0 Å². The molecule has 4 nitrogen and oxygen atoms in total. The van der Waals surface area contributed by atoms with E-state index in [1.165, 1.54) is 19.4 Å². The van der Waals surface area contributed by atoms with E-state index < -0.39 is 0 Å². The molecule has 1 spiro atoms. The van der Waals surface area contributed by atoms with Crippen LogP contribution in [0.25, 0.3) is 0 Å². The van der Waals surface area contributed by atoms with Gasteiger partial charge in [-0.2, -0.15) is 0 Å². The van der Waals surface area contributed by atoms with E-state index in [2.05, 4.69) is 23.7 Å². The maximum atomic E-state index is 12.6. The van der Waals surface area contributed by atoms with Crippen LogP contribution in [-0.4, -0.2) is 52.4 Å². The van der Waals surface area contributed by atoms with Crippen LogP contribution in [0.4, 0.5) is 0 Å². The van der Waals surface area contributed by atoms with E-state index in [1.807, 2.05) is 17.2 Å². The van der Waals surface area contributed by atoms with Gasteiger partial charge in [0.2, 0.25) is 0 Å². The molecule has 116 valence electrons. The predicted molar refractivity (Wildman–Crippen MR) is 85.7 cm³/mol. The number of amides is 1. The first kappa shape index (κ1) is 15.0. The second-order valence-corrected chi connectivity index (χ2v) is 7.96. The summed E-state index contributed by atoms with van der Waals surface area (Å²) in [5.74, 6) is 0.810. The summed E-state index contributed by atoms with van der Waals surface area (Å²) in [5, 5.41) is 2.86. The number of hydrogen-bond donors (Lipinski definition) is 0. The fourth-order valence-electron chi connectivity index (χ4n) is 3.68. The fraction of sp³-hybridized carbons (Fsp3) is 0.750. The van der Waals surface area contributed by atoms with Crippen LogP contribution >= 0.6 is 11.3 Å². The average molecular weight is 307 g/mol. The molecule has 5 heteroatoms. The lowest BCUT2D eigenvalue weighted by atomic mass is 9.77. The number of nitrogens with zero attached hydrogens (tertiary/aromatic N) is 3. The van der Waals surface area contributed by atoms with Crippen LogP contribution in [-0.2, 0) is 0 Å². The van der Waals surface area contributed by atoms with Gasteiger partial charge < -0.3 is 4.90 Å². The highest BCUT2D eigenvalue weighted by Crippen LogP contribution is 2.39. The molecular weight excluding hydrogens is 282 g/mol. The van der Waals surface area contributed by atoms with Crippen LogP contribution in [0.3, 0.4) is 0 Å². The molecule has 2 aliphatic rings. The minimum atomic E-state index is 0.120. The van der Waals surface area contributed by atoms with Crippen molar-refractivity contribution in [2.24, 2.45) is 5.92 Å². The normalized spacial score (nSPS) is 26.4. The number of aromatic nitrogens is 1. The Labute approximate surface area is 131 Å². The topological polar surface area (TPSA) is 36.4 Å². The Morgan fingerprint density at radius 3 is 2.81 bits per heavy atom. The predicted octanol–water partition coefficient (Wildman–Crippen LogP) is 2.79. The third kappa shape index (κ3) is 2.86. The van der Waals surface area contributed by atoms with E-state index in [4.69, 9.17) is 0 Å². The van der Waals surface area contributed by atoms with Crippen molar-refractivity contribution in [3.8, 4) is 0 Å². The van der Waals surface area contributed by atoms with Gasteiger partial charge in [-0.3, -0.25) is 9.69 Å². The maximum absolute atomic E-state index is 12.6. The second kappa shape index (κ2) is 5.69. The summed E-state index contributed by atoms with van der Waals surface area (Å²) in [5.41, 5.74) is 0.882. The quantitative estimate of drug-likeness (QED) is 0.861. The molecule has 0 aromatic carbocycles. The van der Waals surface area contributed by atoms with Crippen molar-refractivity contribution in [3.05, 3.63) is 16.1 Å². The van der Waals surface area contributed by atoms with Crippen LogP contribution in [0.1, 0.15) is 48.6 Å². The molecule has 0 saturated carbocycles. The molecule has 0 radical (unpaired) electrons. The summed E-state index contributed by atoms with van der Waals surface area (Å²) >= 11 is 1.56. The highest BCUT2D eigenvalue weighted by atomic mass is 32.1. The number of aryl methyl sites for hydroxylation is 1. The molecule has 3 rings (SSSR count). The summed E-state index contributed by atoms with van der Waals surface area (Å²) in [6, 6.07) is 0. The molecule has 3 heterocycles. The van der Waals surface area contributed by atoms with Gasteiger partial charge in [-0.25, -0.2) is 4.98 Å². The van der Waals surface area contributed by atoms with Crippen molar-refractivity contribution in [3.63, 3.8) is 0 Å². The fourth-order valence-corrected chi connectivity index (χ4v) is 4.27. The van der Waals surface area contributed by atoms with E-state index >= 15 is 0 Å². The maximum Gasteiger partial charge on any atom is 0.273 e. The van der Waals surface area contributed by atoms with Crippen molar-refractivity contribution in [2.45, 2.75) is 45.6 Å². The van der Waals surface area contributed by atoms with Crippen molar-refractivity contribution in [2.75, 3.05) is 26.2 Å². The van der Waals surface area contributed by atoms with E-state index in [-0.39, 0.29) is 11.4 Å². The van der Waals surface area contributed by atoms with E-state index in [0.717, 1.165) is 31.1 Å². The minimum absolute atomic E-state index is 0.120. The standard InChI is InChI=1S/C16H25N3OS/c1-12(2)9-19-8-6-16(19)5-4-7-18(11-16)15(20)14-10-21-13(3)17-14/h10,12H,4-9,11H2,1-3H3/t16-/m0/s1. The Morgan fingerprint density at radius 2 is 2.24 bits per heavy atom. The molecule has 2 aliphatic heterocycles. The molecule has 1 amide bonds.